The fourth-order valence-corrected chi connectivity index (χ4v) is 3.00. The molecule has 16 heavy (non-hydrogen) atoms. The Bertz CT molecular complexity index is 502. The van der Waals surface area contributed by atoms with Gasteiger partial charge < -0.3 is 5.73 Å². The molecule has 2 rings (SSSR count). The third kappa shape index (κ3) is 2.01. The summed E-state index contributed by atoms with van der Waals surface area (Å²) in [5, 5.41) is 0. The van der Waals surface area contributed by atoms with E-state index in [4.69, 9.17) is 17.3 Å². The maximum atomic E-state index is 6.43. The standard InChI is InChI=1S/C13H14ClNS/c1-9-5-3-4-6-10(9)13(2,15)11-7-8-12(14)16-11/h3-8H,15H2,1-2H3. The number of nitrogens with two attached hydrogens (primary N) is 1. The topological polar surface area (TPSA) is 26.0 Å². The zero-order valence-electron chi connectivity index (χ0n) is 9.33. The third-order valence-electron chi connectivity index (χ3n) is 2.79. The van der Waals surface area contributed by atoms with Crippen molar-refractivity contribution >= 4 is 22.9 Å². The van der Waals surface area contributed by atoms with Crippen molar-refractivity contribution in [2.75, 3.05) is 0 Å². The fourth-order valence-electron chi connectivity index (χ4n) is 1.88. The smallest absolute Gasteiger partial charge is 0.0932 e. The molecule has 0 aliphatic carbocycles. The molecule has 0 fully saturated rings. The maximum Gasteiger partial charge on any atom is 0.0932 e. The molecule has 3 heteroatoms. The van der Waals surface area contributed by atoms with Crippen LogP contribution in [-0.2, 0) is 5.54 Å². The predicted molar refractivity (Wildman–Crippen MR) is 71.1 cm³/mol. The maximum absolute atomic E-state index is 6.43. The Hall–Kier alpha value is -0.830. The van der Waals surface area contributed by atoms with Crippen LogP contribution in [0.1, 0.15) is 22.9 Å². The van der Waals surface area contributed by atoms with E-state index in [2.05, 4.69) is 19.1 Å². The van der Waals surface area contributed by atoms with Gasteiger partial charge in [0, 0.05) is 4.88 Å². The molecule has 2 aromatic rings. The van der Waals surface area contributed by atoms with Gasteiger partial charge in [-0.2, -0.15) is 0 Å². The zero-order chi connectivity index (χ0) is 11.8. The van der Waals surface area contributed by atoms with E-state index < -0.39 is 5.54 Å². The molecule has 84 valence electrons. The largest absolute Gasteiger partial charge is 0.317 e. The molecule has 0 bridgehead atoms. The highest BCUT2D eigenvalue weighted by Gasteiger charge is 2.26. The van der Waals surface area contributed by atoms with E-state index in [1.165, 1.54) is 16.9 Å². The number of hydrogen-bond donors (Lipinski definition) is 1. The Labute approximate surface area is 105 Å². The first kappa shape index (κ1) is 11.6. The summed E-state index contributed by atoms with van der Waals surface area (Å²) >= 11 is 7.50. The van der Waals surface area contributed by atoms with E-state index in [0.717, 1.165) is 14.8 Å². The first-order chi connectivity index (χ1) is 7.51. The molecule has 0 saturated carbocycles. The van der Waals surface area contributed by atoms with Crippen LogP contribution in [0.3, 0.4) is 0 Å². The van der Waals surface area contributed by atoms with Gasteiger partial charge in [0.15, 0.2) is 0 Å². The van der Waals surface area contributed by atoms with Gasteiger partial charge in [-0.05, 0) is 37.1 Å². The van der Waals surface area contributed by atoms with E-state index in [9.17, 15) is 0 Å². The summed E-state index contributed by atoms with van der Waals surface area (Å²) in [5.74, 6) is 0. The second-order valence-corrected chi connectivity index (χ2v) is 5.84. The van der Waals surface area contributed by atoms with Gasteiger partial charge in [0.1, 0.15) is 0 Å². The molecular formula is C13H14ClNS. The minimum atomic E-state index is -0.469. The van der Waals surface area contributed by atoms with Gasteiger partial charge in [0.05, 0.1) is 9.88 Å². The van der Waals surface area contributed by atoms with Crippen molar-refractivity contribution in [3.8, 4) is 0 Å². The van der Waals surface area contributed by atoms with Gasteiger partial charge >= 0.3 is 0 Å². The van der Waals surface area contributed by atoms with Crippen LogP contribution in [0, 0.1) is 6.92 Å². The lowest BCUT2D eigenvalue weighted by atomic mass is 9.88. The van der Waals surface area contributed by atoms with Gasteiger partial charge in [-0.25, -0.2) is 0 Å². The number of hydrogen-bond acceptors (Lipinski definition) is 2. The number of halogens is 1. The van der Waals surface area contributed by atoms with Crippen molar-refractivity contribution in [2.24, 2.45) is 5.73 Å². The van der Waals surface area contributed by atoms with Gasteiger partial charge in [-0.1, -0.05) is 35.9 Å². The second-order valence-electron chi connectivity index (χ2n) is 4.12. The van der Waals surface area contributed by atoms with Crippen LogP contribution < -0.4 is 5.73 Å². The van der Waals surface area contributed by atoms with Crippen molar-refractivity contribution < 1.29 is 0 Å². The molecule has 0 aliphatic heterocycles. The Morgan fingerprint density at radius 3 is 2.44 bits per heavy atom. The number of rotatable bonds is 2. The molecule has 2 N–H and O–H groups in total. The quantitative estimate of drug-likeness (QED) is 0.860. The lowest BCUT2D eigenvalue weighted by Crippen LogP contribution is -2.34. The minimum absolute atomic E-state index is 0.469. The Balaban J connectivity index is 2.50. The number of aryl methyl sites for hydroxylation is 1. The first-order valence-corrected chi connectivity index (χ1v) is 6.32. The van der Waals surface area contributed by atoms with Gasteiger partial charge in [-0.3, -0.25) is 0 Å². The summed E-state index contributed by atoms with van der Waals surface area (Å²) in [6.07, 6.45) is 0. The van der Waals surface area contributed by atoms with Crippen LogP contribution in [0.2, 0.25) is 4.34 Å². The van der Waals surface area contributed by atoms with Crippen molar-refractivity contribution in [1.82, 2.24) is 0 Å². The average molecular weight is 252 g/mol. The molecule has 1 aromatic heterocycles. The Kier molecular flexibility index (Phi) is 3.06. The molecule has 1 unspecified atom stereocenters. The normalized spacial score (nSPS) is 14.8. The third-order valence-corrected chi connectivity index (χ3v) is 4.26. The van der Waals surface area contributed by atoms with Crippen LogP contribution in [0.5, 0.6) is 0 Å². The minimum Gasteiger partial charge on any atom is -0.317 e. The Morgan fingerprint density at radius 1 is 1.19 bits per heavy atom. The predicted octanol–water partition coefficient (Wildman–Crippen LogP) is 3.93. The summed E-state index contributed by atoms with van der Waals surface area (Å²) < 4.78 is 0.778. The monoisotopic (exact) mass is 251 g/mol. The summed E-state index contributed by atoms with van der Waals surface area (Å²) in [7, 11) is 0. The lowest BCUT2D eigenvalue weighted by Gasteiger charge is -2.25. The van der Waals surface area contributed by atoms with E-state index >= 15 is 0 Å². The number of benzene rings is 1. The van der Waals surface area contributed by atoms with E-state index in [1.807, 2.05) is 31.2 Å². The molecule has 1 heterocycles. The van der Waals surface area contributed by atoms with Crippen LogP contribution in [0.15, 0.2) is 36.4 Å². The van der Waals surface area contributed by atoms with Gasteiger partial charge in [-0.15, -0.1) is 11.3 Å². The highest BCUT2D eigenvalue weighted by molar-refractivity contribution is 7.16. The molecular weight excluding hydrogens is 238 g/mol. The zero-order valence-corrected chi connectivity index (χ0v) is 10.9. The van der Waals surface area contributed by atoms with Gasteiger partial charge in [0.2, 0.25) is 0 Å². The molecule has 0 spiro atoms. The lowest BCUT2D eigenvalue weighted by molar-refractivity contribution is 0.612. The molecule has 1 aromatic carbocycles. The molecule has 0 amide bonds. The SMILES string of the molecule is Cc1ccccc1C(C)(N)c1ccc(Cl)s1. The highest BCUT2D eigenvalue weighted by atomic mass is 35.5. The first-order valence-electron chi connectivity index (χ1n) is 5.12. The second kappa shape index (κ2) is 4.21. The molecule has 1 nitrogen and oxygen atoms in total. The molecule has 0 saturated heterocycles. The van der Waals surface area contributed by atoms with Crippen molar-refractivity contribution in [1.29, 1.82) is 0 Å². The molecule has 0 radical (unpaired) electrons. The van der Waals surface area contributed by atoms with Crippen molar-refractivity contribution in [3.63, 3.8) is 0 Å². The summed E-state index contributed by atoms with van der Waals surface area (Å²) in [5.41, 5.74) is 8.31. The van der Waals surface area contributed by atoms with Crippen molar-refractivity contribution in [3.05, 3.63) is 56.7 Å². The van der Waals surface area contributed by atoms with Crippen LogP contribution in [0.4, 0.5) is 0 Å². The summed E-state index contributed by atoms with van der Waals surface area (Å²) in [6.45, 7) is 4.10. The van der Waals surface area contributed by atoms with Crippen LogP contribution in [-0.4, -0.2) is 0 Å². The molecule has 1 atom stereocenters. The van der Waals surface area contributed by atoms with Crippen LogP contribution in [0.25, 0.3) is 0 Å². The van der Waals surface area contributed by atoms with E-state index in [0.29, 0.717) is 0 Å². The summed E-state index contributed by atoms with van der Waals surface area (Å²) in [4.78, 5) is 1.09. The summed E-state index contributed by atoms with van der Waals surface area (Å²) in [6, 6.07) is 12.1. The van der Waals surface area contributed by atoms with E-state index in [-0.39, 0.29) is 0 Å². The fraction of sp³-hybridized carbons (Fsp3) is 0.231. The number of thiophene rings is 1. The van der Waals surface area contributed by atoms with Crippen LogP contribution >= 0.6 is 22.9 Å². The van der Waals surface area contributed by atoms with E-state index in [1.54, 1.807) is 0 Å². The highest BCUT2D eigenvalue weighted by Crippen LogP contribution is 2.35. The molecule has 0 aliphatic rings. The average Bonchev–Trinajstić information content (AvgIpc) is 2.66. The van der Waals surface area contributed by atoms with Crippen molar-refractivity contribution in [2.45, 2.75) is 19.4 Å². The Morgan fingerprint density at radius 2 is 1.88 bits per heavy atom. The van der Waals surface area contributed by atoms with Gasteiger partial charge in [0.25, 0.3) is 0 Å².